The van der Waals surface area contributed by atoms with Gasteiger partial charge in [0.2, 0.25) is 0 Å². The first kappa shape index (κ1) is 19.6. The largest absolute Gasteiger partial charge is 0.330 e. The summed E-state index contributed by atoms with van der Waals surface area (Å²) in [5, 5.41) is 0.408. The Morgan fingerprint density at radius 3 is 2.40 bits per heavy atom. The van der Waals surface area contributed by atoms with Gasteiger partial charge in [0.25, 0.3) is 5.56 Å². The van der Waals surface area contributed by atoms with Crippen molar-refractivity contribution in [2.45, 2.75) is 19.4 Å². The van der Waals surface area contributed by atoms with Gasteiger partial charge in [-0.25, -0.2) is 19.3 Å². The van der Waals surface area contributed by atoms with Crippen molar-refractivity contribution in [2.24, 2.45) is 0 Å². The summed E-state index contributed by atoms with van der Waals surface area (Å²) in [7, 11) is 0. The SMILES string of the molecule is CC(C)(c1ccc(C#Cc2ccccc2)cc1Cl)n1c(=O)[nH]c2nccnc2c1=O. The summed E-state index contributed by atoms with van der Waals surface area (Å²) in [4.78, 5) is 36.3. The van der Waals surface area contributed by atoms with Crippen molar-refractivity contribution in [3.05, 3.63) is 103 Å². The van der Waals surface area contributed by atoms with E-state index >= 15 is 0 Å². The zero-order valence-corrected chi connectivity index (χ0v) is 17.1. The molecule has 7 heteroatoms. The topological polar surface area (TPSA) is 80.6 Å². The van der Waals surface area contributed by atoms with Crippen molar-refractivity contribution < 1.29 is 0 Å². The number of nitrogens with one attached hydrogen (secondary N) is 1. The fourth-order valence-corrected chi connectivity index (χ4v) is 3.74. The first-order valence-electron chi connectivity index (χ1n) is 9.21. The Morgan fingerprint density at radius 1 is 0.967 bits per heavy atom. The number of halogens is 1. The molecule has 0 aliphatic heterocycles. The molecule has 0 amide bonds. The molecule has 0 saturated heterocycles. The van der Waals surface area contributed by atoms with Crippen LogP contribution in [-0.4, -0.2) is 19.5 Å². The second-order valence-corrected chi connectivity index (χ2v) is 7.60. The minimum absolute atomic E-state index is 0.0895. The van der Waals surface area contributed by atoms with Gasteiger partial charge < -0.3 is 0 Å². The van der Waals surface area contributed by atoms with Gasteiger partial charge in [-0.1, -0.05) is 47.7 Å². The van der Waals surface area contributed by atoms with Crippen LogP contribution in [0.2, 0.25) is 5.02 Å². The van der Waals surface area contributed by atoms with Crippen LogP contribution in [0, 0.1) is 11.8 Å². The van der Waals surface area contributed by atoms with Gasteiger partial charge in [0, 0.05) is 28.5 Å². The molecule has 0 aliphatic carbocycles. The lowest BCUT2D eigenvalue weighted by molar-refractivity contribution is 0.405. The molecule has 2 heterocycles. The van der Waals surface area contributed by atoms with Crippen molar-refractivity contribution in [1.82, 2.24) is 19.5 Å². The molecule has 4 aromatic rings. The van der Waals surface area contributed by atoms with E-state index in [4.69, 9.17) is 11.6 Å². The molecule has 0 radical (unpaired) electrons. The van der Waals surface area contributed by atoms with Crippen LogP contribution in [0.15, 0.2) is 70.5 Å². The maximum Gasteiger partial charge on any atom is 0.330 e. The van der Waals surface area contributed by atoms with Crippen molar-refractivity contribution in [3.8, 4) is 11.8 Å². The molecule has 0 fully saturated rings. The number of nitrogens with zero attached hydrogens (tertiary/aromatic N) is 3. The Morgan fingerprint density at radius 2 is 1.67 bits per heavy atom. The second kappa shape index (κ2) is 7.62. The van der Waals surface area contributed by atoms with Crippen LogP contribution >= 0.6 is 11.6 Å². The van der Waals surface area contributed by atoms with Gasteiger partial charge in [0.1, 0.15) is 0 Å². The highest BCUT2D eigenvalue weighted by Gasteiger charge is 2.30. The molecule has 1 N–H and O–H groups in total. The highest BCUT2D eigenvalue weighted by atomic mass is 35.5. The summed E-state index contributed by atoms with van der Waals surface area (Å²) in [6.45, 7) is 3.50. The summed E-state index contributed by atoms with van der Waals surface area (Å²) in [5.41, 5.74) is 0.341. The molecule has 6 nitrogen and oxygen atoms in total. The molecule has 30 heavy (non-hydrogen) atoms. The Balaban J connectivity index is 1.79. The summed E-state index contributed by atoms with van der Waals surface area (Å²) in [6, 6.07) is 15.0. The fourth-order valence-electron chi connectivity index (χ4n) is 3.32. The molecule has 148 valence electrons. The molecule has 0 atom stereocenters. The van der Waals surface area contributed by atoms with E-state index in [0.717, 1.165) is 15.7 Å². The Bertz CT molecular complexity index is 1430. The van der Waals surface area contributed by atoms with E-state index in [9.17, 15) is 9.59 Å². The van der Waals surface area contributed by atoms with E-state index in [1.807, 2.05) is 36.4 Å². The van der Waals surface area contributed by atoms with Crippen molar-refractivity contribution >= 4 is 22.8 Å². The minimum Gasteiger partial charge on any atom is -0.290 e. The number of aromatic nitrogens is 4. The molecule has 0 aliphatic rings. The number of hydrogen-bond donors (Lipinski definition) is 1. The van der Waals surface area contributed by atoms with E-state index in [-0.39, 0.29) is 11.2 Å². The minimum atomic E-state index is -1.03. The smallest absolute Gasteiger partial charge is 0.290 e. The molecule has 0 spiro atoms. The third-order valence-electron chi connectivity index (χ3n) is 4.84. The van der Waals surface area contributed by atoms with Gasteiger partial charge in [0.15, 0.2) is 11.2 Å². The second-order valence-electron chi connectivity index (χ2n) is 7.19. The summed E-state index contributed by atoms with van der Waals surface area (Å²) in [6.07, 6.45) is 2.83. The maximum atomic E-state index is 13.0. The Kier molecular flexibility index (Phi) is 4.98. The van der Waals surface area contributed by atoms with E-state index < -0.39 is 16.8 Å². The van der Waals surface area contributed by atoms with Gasteiger partial charge in [-0.2, -0.15) is 0 Å². The van der Waals surface area contributed by atoms with Crippen molar-refractivity contribution in [2.75, 3.05) is 0 Å². The highest BCUT2D eigenvalue weighted by Crippen LogP contribution is 2.30. The number of rotatable bonds is 2. The van der Waals surface area contributed by atoms with Crippen LogP contribution in [0.25, 0.3) is 11.2 Å². The van der Waals surface area contributed by atoms with E-state index in [2.05, 4.69) is 26.8 Å². The van der Waals surface area contributed by atoms with Gasteiger partial charge in [0.05, 0.1) is 5.54 Å². The van der Waals surface area contributed by atoms with Gasteiger partial charge in [-0.05, 0) is 43.7 Å². The molecular formula is C23H17ClN4O2. The summed E-state index contributed by atoms with van der Waals surface area (Å²) >= 11 is 6.55. The molecule has 0 bridgehead atoms. The van der Waals surface area contributed by atoms with Gasteiger partial charge in [-0.15, -0.1) is 0 Å². The Labute approximate surface area is 177 Å². The number of aromatic amines is 1. The van der Waals surface area contributed by atoms with Crippen LogP contribution in [0.1, 0.15) is 30.5 Å². The molecule has 2 aromatic carbocycles. The molecular weight excluding hydrogens is 400 g/mol. The molecule has 0 saturated carbocycles. The standard InChI is InChI=1S/C23H17ClN4O2/c1-23(2,28-21(29)19-20(27-22(28)30)26-13-12-25-19)17-11-10-16(14-18(17)24)9-8-15-6-4-3-5-7-15/h3-7,10-14H,1-2H3,(H,26,27,30). The van der Waals surface area contributed by atoms with Gasteiger partial charge >= 0.3 is 5.69 Å². The highest BCUT2D eigenvalue weighted by molar-refractivity contribution is 6.31. The van der Waals surface area contributed by atoms with Crippen molar-refractivity contribution in [3.63, 3.8) is 0 Å². The average Bonchev–Trinajstić information content (AvgIpc) is 2.72. The van der Waals surface area contributed by atoms with E-state index in [1.165, 1.54) is 12.4 Å². The lowest BCUT2D eigenvalue weighted by Gasteiger charge is -2.28. The number of hydrogen-bond acceptors (Lipinski definition) is 4. The van der Waals surface area contributed by atoms with E-state index in [1.54, 1.807) is 26.0 Å². The molecule has 4 rings (SSSR count). The maximum absolute atomic E-state index is 13.0. The third kappa shape index (κ3) is 3.51. The third-order valence-corrected chi connectivity index (χ3v) is 5.16. The van der Waals surface area contributed by atoms with Crippen LogP contribution < -0.4 is 11.2 Å². The average molecular weight is 417 g/mol. The predicted molar refractivity (Wildman–Crippen MR) is 117 cm³/mol. The quantitative estimate of drug-likeness (QED) is 0.508. The van der Waals surface area contributed by atoms with E-state index in [0.29, 0.717) is 10.6 Å². The van der Waals surface area contributed by atoms with Crippen LogP contribution in [0.4, 0.5) is 0 Å². The zero-order chi connectivity index (χ0) is 21.3. The van der Waals surface area contributed by atoms with Crippen molar-refractivity contribution in [1.29, 1.82) is 0 Å². The zero-order valence-electron chi connectivity index (χ0n) is 16.3. The first-order chi connectivity index (χ1) is 14.4. The number of fused-ring (bicyclic) bond motifs is 1. The lowest BCUT2D eigenvalue weighted by Crippen LogP contribution is -2.47. The Hall–Kier alpha value is -3.69. The summed E-state index contributed by atoms with van der Waals surface area (Å²) in [5.74, 6) is 6.16. The van der Waals surface area contributed by atoms with Gasteiger partial charge in [-0.3, -0.25) is 9.78 Å². The number of H-pyrrole nitrogens is 1. The molecule has 2 aromatic heterocycles. The fraction of sp³-hybridized carbons (Fsp3) is 0.130. The van der Waals surface area contributed by atoms with Crippen LogP contribution in [0.3, 0.4) is 0 Å². The monoisotopic (exact) mass is 416 g/mol. The van der Waals surface area contributed by atoms with Crippen LogP contribution in [-0.2, 0) is 5.54 Å². The lowest BCUT2D eigenvalue weighted by atomic mass is 9.92. The first-order valence-corrected chi connectivity index (χ1v) is 9.59. The normalized spacial score (nSPS) is 11.2. The predicted octanol–water partition coefficient (Wildman–Crippen LogP) is 3.32. The molecule has 0 unspecified atom stereocenters. The van der Waals surface area contributed by atoms with Crippen LogP contribution in [0.5, 0.6) is 0 Å². The summed E-state index contributed by atoms with van der Waals surface area (Å²) < 4.78 is 1.11. The number of benzene rings is 2.